The largest absolute Gasteiger partial charge is 0.494 e. The molecule has 0 unspecified atom stereocenters. The zero-order valence-corrected chi connectivity index (χ0v) is 12.9. The molecule has 3 N–H and O–H groups in total. The maximum atomic E-state index is 6.01. The van der Waals surface area contributed by atoms with Crippen molar-refractivity contribution in [3.8, 4) is 11.5 Å². The van der Waals surface area contributed by atoms with Crippen molar-refractivity contribution in [3.63, 3.8) is 0 Å². The number of ether oxygens (including phenoxy) is 2. The van der Waals surface area contributed by atoms with Crippen LogP contribution in [0.5, 0.6) is 11.5 Å². The van der Waals surface area contributed by atoms with Gasteiger partial charge in [0.1, 0.15) is 11.5 Å². The van der Waals surface area contributed by atoms with E-state index in [9.17, 15) is 0 Å². The maximum absolute atomic E-state index is 6.01. The lowest BCUT2D eigenvalue weighted by atomic mass is 10.2. The fraction of sp³-hybridized carbons (Fsp3) is 0.250. The summed E-state index contributed by atoms with van der Waals surface area (Å²) in [7, 11) is 0. The lowest BCUT2D eigenvalue weighted by Gasteiger charge is -2.15. The van der Waals surface area contributed by atoms with Crippen molar-refractivity contribution in [1.29, 1.82) is 0 Å². The van der Waals surface area contributed by atoms with Gasteiger partial charge in [0.25, 0.3) is 0 Å². The second-order valence-corrected chi connectivity index (χ2v) is 4.82. The van der Waals surface area contributed by atoms with E-state index in [1.165, 1.54) is 0 Å². The highest BCUT2D eigenvalue weighted by molar-refractivity contribution is 6.31. The van der Waals surface area contributed by atoms with Gasteiger partial charge in [0, 0.05) is 11.1 Å². The molecular formula is C16H19ClN2O2. The van der Waals surface area contributed by atoms with Gasteiger partial charge < -0.3 is 20.5 Å². The lowest BCUT2D eigenvalue weighted by Crippen LogP contribution is -2.01. The van der Waals surface area contributed by atoms with E-state index in [-0.39, 0.29) is 0 Å². The van der Waals surface area contributed by atoms with E-state index < -0.39 is 0 Å². The molecule has 0 amide bonds. The number of benzene rings is 2. The van der Waals surface area contributed by atoms with Gasteiger partial charge in [0.05, 0.1) is 30.3 Å². The van der Waals surface area contributed by atoms with Gasteiger partial charge in [-0.3, -0.25) is 0 Å². The number of hydrogen-bond acceptors (Lipinski definition) is 4. The van der Waals surface area contributed by atoms with Gasteiger partial charge in [0.15, 0.2) is 0 Å². The van der Waals surface area contributed by atoms with E-state index in [0.717, 1.165) is 22.9 Å². The second kappa shape index (κ2) is 7.09. The Balaban J connectivity index is 2.35. The van der Waals surface area contributed by atoms with Crippen LogP contribution in [0.15, 0.2) is 36.4 Å². The summed E-state index contributed by atoms with van der Waals surface area (Å²) >= 11 is 6.01. The second-order valence-electron chi connectivity index (χ2n) is 4.38. The van der Waals surface area contributed by atoms with E-state index in [0.29, 0.717) is 23.9 Å². The average Bonchev–Trinajstić information content (AvgIpc) is 2.46. The van der Waals surface area contributed by atoms with Crippen LogP contribution < -0.4 is 20.5 Å². The molecule has 112 valence electrons. The maximum Gasteiger partial charge on any atom is 0.142 e. The van der Waals surface area contributed by atoms with Gasteiger partial charge in [-0.05, 0) is 44.2 Å². The number of halogens is 1. The summed E-state index contributed by atoms with van der Waals surface area (Å²) in [4.78, 5) is 0. The van der Waals surface area contributed by atoms with Crippen LogP contribution in [-0.4, -0.2) is 13.2 Å². The molecular weight excluding hydrogens is 288 g/mol. The number of nitrogens with two attached hydrogens (primary N) is 1. The molecule has 4 nitrogen and oxygen atoms in total. The summed E-state index contributed by atoms with van der Waals surface area (Å²) in [5.74, 6) is 1.50. The van der Waals surface area contributed by atoms with E-state index in [4.69, 9.17) is 26.8 Å². The SMILES string of the molecule is CCOc1ccc(OCC)c(Nc2cc(Cl)ccc2N)c1. The smallest absolute Gasteiger partial charge is 0.142 e. The zero-order chi connectivity index (χ0) is 15.2. The molecule has 2 aromatic carbocycles. The van der Waals surface area contributed by atoms with Crippen LogP contribution in [0.4, 0.5) is 17.1 Å². The van der Waals surface area contributed by atoms with Crippen molar-refractivity contribution >= 4 is 28.7 Å². The van der Waals surface area contributed by atoms with Gasteiger partial charge in [-0.25, -0.2) is 0 Å². The van der Waals surface area contributed by atoms with Crippen LogP contribution in [-0.2, 0) is 0 Å². The number of hydrogen-bond donors (Lipinski definition) is 2. The Kier molecular flexibility index (Phi) is 5.17. The minimum atomic E-state index is 0.577. The Morgan fingerprint density at radius 1 is 1.00 bits per heavy atom. The molecule has 0 aromatic heterocycles. The van der Waals surface area contributed by atoms with Gasteiger partial charge in [-0.15, -0.1) is 0 Å². The Morgan fingerprint density at radius 3 is 2.48 bits per heavy atom. The minimum Gasteiger partial charge on any atom is -0.494 e. The van der Waals surface area contributed by atoms with Gasteiger partial charge >= 0.3 is 0 Å². The fourth-order valence-corrected chi connectivity index (χ4v) is 2.10. The highest BCUT2D eigenvalue weighted by Crippen LogP contribution is 2.34. The van der Waals surface area contributed by atoms with Crippen molar-refractivity contribution < 1.29 is 9.47 Å². The van der Waals surface area contributed by atoms with Crippen molar-refractivity contribution in [2.45, 2.75) is 13.8 Å². The quantitative estimate of drug-likeness (QED) is 0.773. The van der Waals surface area contributed by atoms with Crippen LogP contribution in [0, 0.1) is 0 Å². The van der Waals surface area contributed by atoms with Crippen LogP contribution in [0.3, 0.4) is 0 Å². The van der Waals surface area contributed by atoms with Crippen molar-refractivity contribution in [1.82, 2.24) is 0 Å². The summed E-state index contributed by atoms with van der Waals surface area (Å²) in [6, 6.07) is 10.9. The Morgan fingerprint density at radius 2 is 1.76 bits per heavy atom. The molecule has 5 heteroatoms. The molecule has 0 bridgehead atoms. The monoisotopic (exact) mass is 306 g/mol. The summed E-state index contributed by atoms with van der Waals surface area (Å²) in [6.07, 6.45) is 0. The first kappa shape index (κ1) is 15.3. The third-order valence-electron chi connectivity index (χ3n) is 2.85. The molecule has 0 aliphatic heterocycles. The highest BCUT2D eigenvalue weighted by Gasteiger charge is 2.08. The van der Waals surface area contributed by atoms with E-state index in [1.54, 1.807) is 18.2 Å². The summed E-state index contributed by atoms with van der Waals surface area (Å²) < 4.78 is 11.1. The molecule has 0 heterocycles. The third kappa shape index (κ3) is 3.95. The number of rotatable bonds is 6. The molecule has 0 saturated heterocycles. The molecule has 0 radical (unpaired) electrons. The zero-order valence-electron chi connectivity index (χ0n) is 12.2. The molecule has 2 rings (SSSR count). The first-order valence-electron chi connectivity index (χ1n) is 6.85. The summed E-state index contributed by atoms with van der Waals surface area (Å²) in [5, 5.41) is 3.87. The lowest BCUT2D eigenvalue weighted by molar-refractivity contribution is 0.332. The topological polar surface area (TPSA) is 56.5 Å². The van der Waals surface area contributed by atoms with E-state index >= 15 is 0 Å². The Labute approximate surface area is 129 Å². The fourth-order valence-electron chi connectivity index (χ4n) is 1.93. The van der Waals surface area contributed by atoms with Gasteiger partial charge in [-0.1, -0.05) is 11.6 Å². The van der Waals surface area contributed by atoms with Crippen LogP contribution in [0.25, 0.3) is 0 Å². The molecule has 0 atom stereocenters. The number of nitrogen functional groups attached to an aromatic ring is 1. The van der Waals surface area contributed by atoms with Gasteiger partial charge in [0.2, 0.25) is 0 Å². The van der Waals surface area contributed by atoms with Crippen molar-refractivity contribution in [3.05, 3.63) is 41.4 Å². The minimum absolute atomic E-state index is 0.577. The van der Waals surface area contributed by atoms with Crippen molar-refractivity contribution in [2.75, 3.05) is 24.3 Å². The Hall–Kier alpha value is -2.07. The van der Waals surface area contributed by atoms with Crippen LogP contribution >= 0.6 is 11.6 Å². The summed E-state index contributed by atoms with van der Waals surface area (Å²) in [5.41, 5.74) is 8.10. The Bertz CT molecular complexity index is 617. The van der Waals surface area contributed by atoms with Gasteiger partial charge in [-0.2, -0.15) is 0 Å². The highest BCUT2D eigenvalue weighted by atomic mass is 35.5. The number of anilines is 3. The molecule has 0 spiro atoms. The average molecular weight is 307 g/mol. The summed E-state index contributed by atoms with van der Waals surface area (Å²) in [6.45, 7) is 5.06. The third-order valence-corrected chi connectivity index (χ3v) is 3.08. The van der Waals surface area contributed by atoms with E-state index in [2.05, 4.69) is 5.32 Å². The predicted octanol–water partition coefficient (Wildman–Crippen LogP) is 4.46. The standard InChI is InChI=1S/C16H19ClN2O2/c1-3-20-12-6-8-16(21-4-2)15(10-12)19-14-9-11(17)5-7-13(14)18/h5-10,19H,3-4,18H2,1-2H3. The molecule has 0 aliphatic carbocycles. The van der Waals surface area contributed by atoms with E-state index in [1.807, 2.05) is 32.0 Å². The molecule has 2 aromatic rings. The predicted molar refractivity (Wildman–Crippen MR) is 87.9 cm³/mol. The normalized spacial score (nSPS) is 10.2. The molecule has 0 aliphatic rings. The molecule has 0 saturated carbocycles. The van der Waals surface area contributed by atoms with Crippen LogP contribution in [0.1, 0.15) is 13.8 Å². The number of nitrogens with one attached hydrogen (secondary N) is 1. The first-order chi connectivity index (χ1) is 10.1. The first-order valence-corrected chi connectivity index (χ1v) is 7.23. The molecule has 21 heavy (non-hydrogen) atoms. The molecule has 0 fully saturated rings. The van der Waals surface area contributed by atoms with Crippen LogP contribution in [0.2, 0.25) is 5.02 Å². The van der Waals surface area contributed by atoms with Crippen molar-refractivity contribution in [2.24, 2.45) is 0 Å².